The highest BCUT2D eigenvalue weighted by molar-refractivity contribution is 6.06. The molecule has 21 heavy (non-hydrogen) atoms. The highest BCUT2D eigenvalue weighted by Gasteiger charge is 2.38. The molecule has 1 aromatic heterocycles. The quantitative estimate of drug-likeness (QED) is 0.893. The number of benzene rings is 1. The van der Waals surface area contributed by atoms with E-state index in [2.05, 4.69) is 4.98 Å². The molecule has 1 aliphatic heterocycles. The molecule has 0 aliphatic carbocycles. The molecule has 1 saturated heterocycles. The van der Waals surface area contributed by atoms with Crippen LogP contribution in [0.4, 0.5) is 0 Å². The minimum Gasteiger partial charge on any atom is -0.481 e. The third kappa shape index (κ3) is 2.27. The summed E-state index contributed by atoms with van der Waals surface area (Å²) < 4.78 is 5.23. The van der Waals surface area contributed by atoms with Gasteiger partial charge in [-0.05, 0) is 18.2 Å². The summed E-state index contributed by atoms with van der Waals surface area (Å²) >= 11 is 0. The van der Waals surface area contributed by atoms with Crippen molar-refractivity contribution in [1.29, 1.82) is 0 Å². The normalized spacial score (nSPS) is 21.6. The van der Waals surface area contributed by atoms with Crippen LogP contribution in [0.2, 0.25) is 0 Å². The number of aromatic nitrogens is 1. The fourth-order valence-electron chi connectivity index (χ4n) is 2.77. The van der Waals surface area contributed by atoms with Crippen molar-refractivity contribution in [2.75, 3.05) is 20.3 Å². The molecule has 2 unspecified atom stereocenters. The van der Waals surface area contributed by atoms with E-state index >= 15 is 0 Å². The summed E-state index contributed by atoms with van der Waals surface area (Å²) in [4.78, 5) is 28.4. The summed E-state index contributed by atoms with van der Waals surface area (Å²) in [5.41, 5.74) is 1.44. The van der Waals surface area contributed by atoms with Gasteiger partial charge in [-0.3, -0.25) is 9.59 Å². The van der Waals surface area contributed by atoms with Crippen LogP contribution in [-0.4, -0.2) is 53.2 Å². The number of carbonyl (C=O) groups is 2. The van der Waals surface area contributed by atoms with E-state index in [0.29, 0.717) is 5.56 Å². The number of amides is 1. The zero-order chi connectivity index (χ0) is 15.0. The Bertz CT molecular complexity index is 694. The largest absolute Gasteiger partial charge is 0.481 e. The molecule has 1 aromatic carbocycles. The average molecular weight is 288 g/mol. The van der Waals surface area contributed by atoms with Gasteiger partial charge in [0, 0.05) is 29.7 Å². The van der Waals surface area contributed by atoms with E-state index in [-0.39, 0.29) is 19.1 Å². The van der Waals surface area contributed by atoms with Crippen LogP contribution in [-0.2, 0) is 9.53 Å². The van der Waals surface area contributed by atoms with Crippen molar-refractivity contribution in [3.05, 3.63) is 36.0 Å². The van der Waals surface area contributed by atoms with Gasteiger partial charge < -0.3 is 19.7 Å². The Kier molecular flexibility index (Phi) is 3.39. The first kappa shape index (κ1) is 13.6. The predicted molar refractivity (Wildman–Crippen MR) is 76.1 cm³/mol. The van der Waals surface area contributed by atoms with Crippen LogP contribution < -0.4 is 0 Å². The number of hydrogen-bond acceptors (Lipinski definition) is 3. The molecule has 2 heterocycles. The first-order valence-electron chi connectivity index (χ1n) is 6.73. The van der Waals surface area contributed by atoms with E-state index in [1.54, 1.807) is 25.4 Å². The summed E-state index contributed by atoms with van der Waals surface area (Å²) in [6, 6.07) is 6.85. The standard InChI is InChI=1S/C15H16N2O4/c1-17(13-8-21-7-11(13)15(19)20)14(18)10-3-2-4-12-9(10)5-6-16-12/h2-6,11,13,16H,7-8H2,1H3,(H,19,20). The second-order valence-electron chi connectivity index (χ2n) is 5.21. The number of likely N-dealkylation sites (N-methyl/N-ethyl adjacent to an activating group) is 1. The number of aliphatic carboxylic acids is 1. The Morgan fingerprint density at radius 3 is 2.90 bits per heavy atom. The molecule has 1 aliphatic rings. The lowest BCUT2D eigenvalue weighted by atomic mass is 10.0. The maximum atomic E-state index is 12.7. The molecule has 2 atom stereocenters. The van der Waals surface area contributed by atoms with Crippen LogP contribution >= 0.6 is 0 Å². The summed E-state index contributed by atoms with van der Waals surface area (Å²) in [5, 5.41) is 10.0. The molecule has 1 amide bonds. The lowest BCUT2D eigenvalue weighted by Gasteiger charge is -2.26. The number of carboxylic acid groups (broad SMARTS) is 1. The summed E-state index contributed by atoms with van der Waals surface area (Å²) in [5.74, 6) is -1.80. The van der Waals surface area contributed by atoms with Crippen LogP contribution in [0.1, 0.15) is 10.4 Å². The van der Waals surface area contributed by atoms with Gasteiger partial charge in [0.25, 0.3) is 5.91 Å². The minimum atomic E-state index is -0.933. The molecule has 6 heteroatoms. The van der Waals surface area contributed by atoms with Crippen molar-refractivity contribution in [2.24, 2.45) is 5.92 Å². The fraction of sp³-hybridized carbons (Fsp3) is 0.333. The van der Waals surface area contributed by atoms with Crippen LogP contribution in [0.3, 0.4) is 0 Å². The molecule has 2 N–H and O–H groups in total. The summed E-state index contributed by atoms with van der Waals surface area (Å²) in [7, 11) is 1.63. The first-order valence-corrected chi connectivity index (χ1v) is 6.73. The third-order valence-electron chi connectivity index (χ3n) is 4.01. The van der Waals surface area contributed by atoms with Gasteiger partial charge in [-0.2, -0.15) is 0 Å². The van der Waals surface area contributed by atoms with E-state index < -0.39 is 17.9 Å². The van der Waals surface area contributed by atoms with E-state index in [0.717, 1.165) is 10.9 Å². The lowest BCUT2D eigenvalue weighted by molar-refractivity contribution is -0.142. The fourth-order valence-corrected chi connectivity index (χ4v) is 2.77. The third-order valence-corrected chi connectivity index (χ3v) is 4.01. The van der Waals surface area contributed by atoms with E-state index in [1.165, 1.54) is 4.90 Å². The van der Waals surface area contributed by atoms with Crippen LogP contribution in [0, 0.1) is 5.92 Å². The highest BCUT2D eigenvalue weighted by Crippen LogP contribution is 2.24. The van der Waals surface area contributed by atoms with E-state index in [4.69, 9.17) is 4.74 Å². The number of ether oxygens (including phenoxy) is 1. The minimum absolute atomic E-state index is 0.145. The van der Waals surface area contributed by atoms with Gasteiger partial charge in [0.15, 0.2) is 0 Å². The number of rotatable bonds is 3. The SMILES string of the molecule is CN(C(=O)c1cccc2[nH]ccc12)C1COCC1C(=O)O. The van der Waals surface area contributed by atoms with Crippen LogP contribution in [0.15, 0.2) is 30.5 Å². The number of aromatic amines is 1. The zero-order valence-electron chi connectivity index (χ0n) is 11.6. The highest BCUT2D eigenvalue weighted by atomic mass is 16.5. The van der Waals surface area contributed by atoms with Crippen LogP contribution in [0.5, 0.6) is 0 Å². The lowest BCUT2D eigenvalue weighted by Crippen LogP contribution is -2.44. The van der Waals surface area contributed by atoms with Gasteiger partial charge >= 0.3 is 5.97 Å². The van der Waals surface area contributed by atoms with Crippen molar-refractivity contribution < 1.29 is 19.4 Å². The predicted octanol–water partition coefficient (Wildman–Crippen LogP) is 1.34. The number of carbonyl (C=O) groups excluding carboxylic acids is 1. The second-order valence-corrected chi connectivity index (χ2v) is 5.21. The van der Waals surface area contributed by atoms with Crippen molar-refractivity contribution >= 4 is 22.8 Å². The van der Waals surface area contributed by atoms with Crippen molar-refractivity contribution in [1.82, 2.24) is 9.88 Å². The number of carboxylic acids is 1. The molecule has 0 spiro atoms. The van der Waals surface area contributed by atoms with Crippen LogP contribution in [0.25, 0.3) is 10.9 Å². The molecule has 6 nitrogen and oxygen atoms in total. The number of hydrogen-bond donors (Lipinski definition) is 2. The number of fused-ring (bicyclic) bond motifs is 1. The molecule has 3 rings (SSSR count). The second kappa shape index (κ2) is 5.21. The van der Waals surface area contributed by atoms with Gasteiger partial charge in [0.1, 0.15) is 5.92 Å². The summed E-state index contributed by atoms with van der Waals surface area (Å²) in [6.07, 6.45) is 1.78. The van der Waals surface area contributed by atoms with Gasteiger partial charge in [-0.1, -0.05) is 6.07 Å². The molecular weight excluding hydrogens is 272 g/mol. The number of nitrogens with one attached hydrogen (secondary N) is 1. The van der Waals surface area contributed by atoms with Gasteiger partial charge in [0.2, 0.25) is 0 Å². The van der Waals surface area contributed by atoms with Crippen molar-refractivity contribution in [3.63, 3.8) is 0 Å². The number of H-pyrrole nitrogens is 1. The molecule has 0 radical (unpaired) electrons. The van der Waals surface area contributed by atoms with E-state index in [9.17, 15) is 14.7 Å². The molecule has 1 fully saturated rings. The van der Waals surface area contributed by atoms with Gasteiger partial charge in [-0.15, -0.1) is 0 Å². The zero-order valence-corrected chi connectivity index (χ0v) is 11.6. The Labute approximate surface area is 121 Å². The van der Waals surface area contributed by atoms with Crippen molar-refractivity contribution in [2.45, 2.75) is 6.04 Å². The van der Waals surface area contributed by atoms with Gasteiger partial charge in [0.05, 0.1) is 19.3 Å². The van der Waals surface area contributed by atoms with Gasteiger partial charge in [-0.25, -0.2) is 0 Å². The maximum absolute atomic E-state index is 12.7. The topological polar surface area (TPSA) is 82.6 Å². The van der Waals surface area contributed by atoms with Crippen molar-refractivity contribution in [3.8, 4) is 0 Å². The smallest absolute Gasteiger partial charge is 0.311 e. The number of nitrogens with zero attached hydrogens (tertiary/aromatic N) is 1. The Balaban J connectivity index is 1.91. The summed E-state index contributed by atoms with van der Waals surface area (Å²) in [6.45, 7) is 0.397. The molecule has 2 aromatic rings. The molecule has 0 bridgehead atoms. The monoisotopic (exact) mass is 288 g/mol. The Hall–Kier alpha value is -2.34. The molecule has 0 saturated carbocycles. The Morgan fingerprint density at radius 1 is 1.33 bits per heavy atom. The molecule has 110 valence electrons. The first-order chi connectivity index (χ1) is 10.1. The van der Waals surface area contributed by atoms with E-state index in [1.807, 2.05) is 12.1 Å². The molecular formula is C15H16N2O4. The Morgan fingerprint density at radius 2 is 2.14 bits per heavy atom. The average Bonchev–Trinajstić information content (AvgIpc) is 3.13. The maximum Gasteiger partial charge on any atom is 0.311 e.